The second-order valence-corrected chi connectivity index (χ2v) is 10.4. The monoisotopic (exact) mass is 478 g/mol. The number of ether oxygens (including phenoxy) is 2. The van der Waals surface area contributed by atoms with Gasteiger partial charge in [-0.2, -0.15) is 0 Å². The summed E-state index contributed by atoms with van der Waals surface area (Å²) in [4.78, 5) is 31.2. The van der Waals surface area contributed by atoms with E-state index in [1.165, 1.54) is 0 Å². The standard InChI is InChI=1S/C29H38N2O4/c1-19(2)35-25-15-12-23(16-26(25)34-5)28-29(33)30(24-13-8-21(4)9-14-24)18-27(32)31(28)17-22-10-6-20(3)7-11-22/h6-7,10-12,15-16,19,21,24,28H,8-9,13-14,17-18H2,1-5H3/t21?,24?,28-/m1/s1. The lowest BCUT2D eigenvalue weighted by atomic mass is 9.85. The summed E-state index contributed by atoms with van der Waals surface area (Å²) in [6.45, 7) is 8.76. The Morgan fingerprint density at radius 2 is 1.66 bits per heavy atom. The Morgan fingerprint density at radius 3 is 2.29 bits per heavy atom. The van der Waals surface area contributed by atoms with Crippen LogP contribution in [0.2, 0.25) is 0 Å². The molecule has 188 valence electrons. The third-order valence-electron chi connectivity index (χ3n) is 7.22. The molecule has 0 aromatic heterocycles. The molecular formula is C29H38N2O4. The van der Waals surface area contributed by atoms with E-state index in [1.54, 1.807) is 12.0 Å². The maximum absolute atomic E-state index is 14.0. The minimum absolute atomic E-state index is 0.00385. The highest BCUT2D eigenvalue weighted by Crippen LogP contribution is 2.38. The lowest BCUT2D eigenvalue weighted by Crippen LogP contribution is -2.58. The van der Waals surface area contributed by atoms with E-state index < -0.39 is 6.04 Å². The molecule has 0 radical (unpaired) electrons. The van der Waals surface area contributed by atoms with Crippen molar-refractivity contribution in [1.82, 2.24) is 9.80 Å². The van der Waals surface area contributed by atoms with Crippen LogP contribution in [0.4, 0.5) is 0 Å². The van der Waals surface area contributed by atoms with E-state index in [2.05, 4.69) is 6.92 Å². The topological polar surface area (TPSA) is 59.1 Å². The number of benzene rings is 2. The Bertz CT molecular complexity index is 1040. The number of amides is 2. The number of carbonyl (C=O) groups excluding carboxylic acids is 2. The Hall–Kier alpha value is -3.02. The zero-order valence-electron chi connectivity index (χ0n) is 21.6. The van der Waals surface area contributed by atoms with E-state index in [4.69, 9.17) is 9.47 Å². The van der Waals surface area contributed by atoms with Gasteiger partial charge in [0.2, 0.25) is 5.91 Å². The Balaban J connectivity index is 1.70. The van der Waals surface area contributed by atoms with Gasteiger partial charge < -0.3 is 19.3 Å². The molecule has 0 N–H and O–H groups in total. The quantitative estimate of drug-likeness (QED) is 0.543. The maximum Gasteiger partial charge on any atom is 0.250 e. The van der Waals surface area contributed by atoms with Crippen LogP contribution >= 0.6 is 0 Å². The molecule has 35 heavy (non-hydrogen) atoms. The van der Waals surface area contributed by atoms with Crippen molar-refractivity contribution in [3.63, 3.8) is 0 Å². The predicted molar refractivity (Wildman–Crippen MR) is 136 cm³/mol. The fourth-order valence-electron chi connectivity index (χ4n) is 5.21. The molecule has 0 bridgehead atoms. The van der Waals surface area contributed by atoms with Gasteiger partial charge >= 0.3 is 0 Å². The van der Waals surface area contributed by atoms with Gasteiger partial charge in [0, 0.05) is 12.6 Å². The molecule has 2 aliphatic rings. The molecule has 2 fully saturated rings. The number of hydrogen-bond donors (Lipinski definition) is 0. The van der Waals surface area contributed by atoms with Crippen LogP contribution in [-0.4, -0.2) is 47.4 Å². The van der Waals surface area contributed by atoms with E-state index in [0.717, 1.165) is 42.4 Å². The maximum atomic E-state index is 14.0. The van der Waals surface area contributed by atoms with Gasteiger partial charge in [0.25, 0.3) is 5.91 Å². The minimum atomic E-state index is -0.695. The van der Waals surface area contributed by atoms with Crippen molar-refractivity contribution in [3.05, 3.63) is 59.2 Å². The Labute approximate surface area is 209 Å². The van der Waals surface area contributed by atoms with Gasteiger partial charge in [-0.15, -0.1) is 0 Å². The summed E-state index contributed by atoms with van der Waals surface area (Å²) in [6.07, 6.45) is 4.09. The zero-order chi connectivity index (χ0) is 25.1. The molecule has 6 nitrogen and oxygen atoms in total. The smallest absolute Gasteiger partial charge is 0.250 e. The van der Waals surface area contributed by atoms with Gasteiger partial charge in [-0.05, 0) is 75.6 Å². The lowest BCUT2D eigenvalue weighted by Gasteiger charge is -2.45. The first kappa shape index (κ1) is 25.1. The van der Waals surface area contributed by atoms with Crippen molar-refractivity contribution >= 4 is 11.8 Å². The van der Waals surface area contributed by atoms with E-state index in [9.17, 15) is 9.59 Å². The highest BCUT2D eigenvalue weighted by Gasteiger charge is 2.43. The van der Waals surface area contributed by atoms with Gasteiger partial charge in [0.05, 0.1) is 13.2 Å². The average Bonchev–Trinajstić information content (AvgIpc) is 2.83. The molecule has 1 heterocycles. The summed E-state index contributed by atoms with van der Waals surface area (Å²) >= 11 is 0. The first-order chi connectivity index (χ1) is 16.8. The average molecular weight is 479 g/mol. The van der Waals surface area contributed by atoms with Crippen molar-refractivity contribution in [1.29, 1.82) is 0 Å². The van der Waals surface area contributed by atoms with Gasteiger partial charge in [-0.3, -0.25) is 9.59 Å². The molecule has 2 aromatic rings. The zero-order valence-corrected chi connectivity index (χ0v) is 21.6. The van der Waals surface area contributed by atoms with Crippen LogP contribution in [0.5, 0.6) is 11.5 Å². The number of methoxy groups -OCH3 is 1. The van der Waals surface area contributed by atoms with Crippen molar-refractivity contribution in [3.8, 4) is 11.5 Å². The molecule has 1 saturated carbocycles. The van der Waals surface area contributed by atoms with Crippen LogP contribution in [0.1, 0.15) is 69.2 Å². The van der Waals surface area contributed by atoms with Crippen LogP contribution in [0, 0.1) is 12.8 Å². The summed E-state index contributed by atoms with van der Waals surface area (Å²) in [5.41, 5.74) is 2.92. The number of piperazine rings is 1. The molecule has 2 aromatic carbocycles. The third-order valence-corrected chi connectivity index (χ3v) is 7.22. The largest absolute Gasteiger partial charge is 0.493 e. The van der Waals surface area contributed by atoms with Crippen LogP contribution in [0.15, 0.2) is 42.5 Å². The highest BCUT2D eigenvalue weighted by atomic mass is 16.5. The van der Waals surface area contributed by atoms with Gasteiger partial charge in [-0.1, -0.05) is 42.8 Å². The van der Waals surface area contributed by atoms with Crippen molar-refractivity contribution < 1.29 is 19.1 Å². The lowest BCUT2D eigenvalue weighted by molar-refractivity contribution is -0.160. The molecule has 2 amide bonds. The third kappa shape index (κ3) is 5.63. The van der Waals surface area contributed by atoms with Gasteiger partial charge in [0.15, 0.2) is 11.5 Å². The number of nitrogens with zero attached hydrogens (tertiary/aromatic N) is 2. The van der Waals surface area contributed by atoms with E-state index in [-0.39, 0.29) is 30.5 Å². The second kappa shape index (κ2) is 10.7. The molecule has 1 atom stereocenters. The van der Waals surface area contributed by atoms with E-state index in [0.29, 0.717) is 24.0 Å². The Kier molecular flexibility index (Phi) is 7.68. The number of aryl methyl sites for hydroxylation is 1. The molecule has 1 aliphatic heterocycles. The van der Waals surface area contributed by atoms with Crippen molar-refractivity contribution in [2.24, 2.45) is 5.92 Å². The fraction of sp³-hybridized carbons (Fsp3) is 0.517. The summed E-state index contributed by atoms with van der Waals surface area (Å²) in [6, 6.07) is 13.1. The predicted octanol–water partition coefficient (Wildman–Crippen LogP) is 5.28. The van der Waals surface area contributed by atoms with E-state index >= 15 is 0 Å². The number of carbonyl (C=O) groups is 2. The summed E-state index contributed by atoms with van der Waals surface area (Å²) < 4.78 is 11.5. The van der Waals surface area contributed by atoms with E-state index in [1.807, 2.05) is 68.1 Å². The van der Waals surface area contributed by atoms with Gasteiger partial charge in [-0.25, -0.2) is 0 Å². The minimum Gasteiger partial charge on any atom is -0.493 e. The van der Waals surface area contributed by atoms with Crippen molar-refractivity contribution in [2.45, 2.75) is 78.1 Å². The summed E-state index contributed by atoms with van der Waals surface area (Å²) in [5.74, 6) is 1.85. The molecule has 0 spiro atoms. The first-order valence-electron chi connectivity index (χ1n) is 12.8. The molecule has 4 rings (SSSR count). The summed E-state index contributed by atoms with van der Waals surface area (Å²) in [7, 11) is 1.60. The van der Waals surface area contributed by atoms with Crippen molar-refractivity contribution in [2.75, 3.05) is 13.7 Å². The van der Waals surface area contributed by atoms with Crippen LogP contribution in [0.3, 0.4) is 0 Å². The molecule has 1 saturated heterocycles. The number of rotatable bonds is 7. The summed E-state index contributed by atoms with van der Waals surface area (Å²) in [5, 5.41) is 0. The molecule has 1 aliphatic carbocycles. The number of hydrogen-bond acceptors (Lipinski definition) is 4. The SMILES string of the molecule is COc1cc([C@@H]2C(=O)N(C3CCC(C)CC3)CC(=O)N2Cc2ccc(C)cc2)ccc1OC(C)C. The van der Waals surface area contributed by atoms with Crippen LogP contribution in [0.25, 0.3) is 0 Å². The first-order valence-corrected chi connectivity index (χ1v) is 12.8. The second-order valence-electron chi connectivity index (χ2n) is 10.4. The van der Waals surface area contributed by atoms with Crippen LogP contribution in [-0.2, 0) is 16.1 Å². The Morgan fingerprint density at radius 1 is 0.971 bits per heavy atom. The van der Waals surface area contributed by atoms with Crippen LogP contribution < -0.4 is 9.47 Å². The normalized spacial score (nSPS) is 23.1. The van der Waals surface area contributed by atoms with Gasteiger partial charge in [0.1, 0.15) is 12.6 Å². The molecular weight excluding hydrogens is 440 g/mol. The fourth-order valence-corrected chi connectivity index (χ4v) is 5.21. The highest BCUT2D eigenvalue weighted by molar-refractivity contribution is 5.96. The molecule has 0 unspecified atom stereocenters. The molecule has 6 heteroatoms.